The van der Waals surface area contributed by atoms with Gasteiger partial charge in [-0.15, -0.1) is 0 Å². The van der Waals surface area contributed by atoms with Gasteiger partial charge in [-0.25, -0.2) is 18.7 Å². The molecular weight excluding hydrogens is 468 g/mol. The highest BCUT2D eigenvalue weighted by Gasteiger charge is 2.33. The third-order valence-corrected chi connectivity index (χ3v) is 6.00. The normalized spacial score (nSPS) is 17.1. The molecular formula is C25H25F2N7O2. The highest BCUT2D eigenvalue weighted by Crippen LogP contribution is 2.34. The van der Waals surface area contributed by atoms with Gasteiger partial charge in [-0.2, -0.15) is 4.98 Å². The molecule has 11 heteroatoms. The van der Waals surface area contributed by atoms with Crippen LogP contribution in [-0.4, -0.2) is 58.2 Å². The Hall–Kier alpha value is -4.12. The quantitative estimate of drug-likeness (QED) is 0.363. The maximum Gasteiger partial charge on any atom is 0.257 e. The molecule has 1 saturated carbocycles. The van der Waals surface area contributed by atoms with Crippen LogP contribution in [0.1, 0.15) is 12.8 Å². The topological polar surface area (TPSA) is 97.3 Å². The molecule has 186 valence electrons. The van der Waals surface area contributed by atoms with Gasteiger partial charge in [-0.3, -0.25) is 4.98 Å². The standard InChI is InChI=1S/C25H25F2N7O2/c1-34(2)18-10-19(11-18)36-24-21(35-3)9-17(13-30-24)32-25-28-5-4-22(33-25)31-16-7-14-6-15(26)8-20(27)23(14)29-12-16/h4-9,12-13,18-19H,10-11H2,1-3H3,(H2,28,31,32,33). The Morgan fingerprint density at radius 3 is 2.53 bits per heavy atom. The van der Waals surface area contributed by atoms with Crippen molar-refractivity contribution in [3.63, 3.8) is 0 Å². The molecule has 1 aliphatic rings. The number of fused-ring (bicyclic) bond motifs is 1. The molecule has 0 bridgehead atoms. The fraction of sp³-hybridized carbons (Fsp3) is 0.280. The summed E-state index contributed by atoms with van der Waals surface area (Å²) in [6.07, 6.45) is 6.66. The largest absolute Gasteiger partial charge is 0.491 e. The van der Waals surface area contributed by atoms with Gasteiger partial charge in [0.15, 0.2) is 11.6 Å². The lowest BCUT2D eigenvalue weighted by Crippen LogP contribution is -2.46. The molecule has 2 N–H and O–H groups in total. The molecule has 1 fully saturated rings. The Morgan fingerprint density at radius 2 is 1.75 bits per heavy atom. The van der Waals surface area contributed by atoms with Crippen molar-refractivity contribution in [3.8, 4) is 11.6 Å². The fourth-order valence-electron chi connectivity index (χ4n) is 3.95. The predicted molar refractivity (Wildman–Crippen MR) is 132 cm³/mol. The summed E-state index contributed by atoms with van der Waals surface area (Å²) < 4.78 is 39.0. The minimum Gasteiger partial charge on any atom is -0.491 e. The number of methoxy groups -OCH3 is 1. The summed E-state index contributed by atoms with van der Waals surface area (Å²) in [5.74, 6) is 0.346. The number of nitrogens with one attached hydrogen (secondary N) is 2. The number of pyridine rings is 2. The van der Waals surface area contributed by atoms with E-state index in [4.69, 9.17) is 9.47 Å². The van der Waals surface area contributed by atoms with Crippen LogP contribution in [0.3, 0.4) is 0 Å². The molecule has 0 radical (unpaired) electrons. The van der Waals surface area contributed by atoms with Gasteiger partial charge in [0.05, 0.1) is 30.9 Å². The number of halogens is 2. The lowest BCUT2D eigenvalue weighted by molar-refractivity contribution is 0.0351. The number of benzene rings is 1. The molecule has 5 rings (SSSR count). The number of hydrogen-bond donors (Lipinski definition) is 2. The van der Waals surface area contributed by atoms with E-state index in [1.807, 2.05) is 0 Å². The molecule has 0 amide bonds. The summed E-state index contributed by atoms with van der Waals surface area (Å²) in [7, 11) is 5.69. The van der Waals surface area contributed by atoms with Crippen molar-refractivity contribution in [3.05, 3.63) is 60.6 Å². The Morgan fingerprint density at radius 1 is 0.972 bits per heavy atom. The third kappa shape index (κ3) is 5.10. The minimum atomic E-state index is -0.712. The van der Waals surface area contributed by atoms with E-state index < -0.39 is 11.6 Å². The minimum absolute atomic E-state index is 0.0932. The summed E-state index contributed by atoms with van der Waals surface area (Å²) in [4.78, 5) is 19.4. The van der Waals surface area contributed by atoms with E-state index in [0.29, 0.717) is 46.2 Å². The van der Waals surface area contributed by atoms with Crippen molar-refractivity contribution in [1.29, 1.82) is 0 Å². The van der Waals surface area contributed by atoms with Crippen molar-refractivity contribution in [2.75, 3.05) is 31.8 Å². The van der Waals surface area contributed by atoms with Gasteiger partial charge in [0, 0.05) is 42.6 Å². The number of rotatable bonds is 8. The van der Waals surface area contributed by atoms with E-state index in [2.05, 4.69) is 49.6 Å². The van der Waals surface area contributed by atoms with E-state index in [1.54, 1.807) is 37.7 Å². The van der Waals surface area contributed by atoms with Crippen LogP contribution in [0, 0.1) is 11.6 Å². The van der Waals surface area contributed by atoms with E-state index in [1.165, 1.54) is 12.3 Å². The number of ether oxygens (including phenoxy) is 2. The van der Waals surface area contributed by atoms with Crippen molar-refractivity contribution in [2.24, 2.45) is 0 Å². The van der Waals surface area contributed by atoms with Crippen LogP contribution in [-0.2, 0) is 0 Å². The van der Waals surface area contributed by atoms with Crippen LogP contribution in [0.4, 0.5) is 31.9 Å². The monoisotopic (exact) mass is 493 g/mol. The summed E-state index contributed by atoms with van der Waals surface area (Å²) in [5.41, 5.74) is 1.24. The maximum atomic E-state index is 13.9. The van der Waals surface area contributed by atoms with E-state index in [-0.39, 0.29) is 11.6 Å². The van der Waals surface area contributed by atoms with Crippen LogP contribution in [0.15, 0.2) is 48.9 Å². The first-order chi connectivity index (χ1) is 17.4. The second kappa shape index (κ2) is 9.86. The molecule has 0 atom stereocenters. The molecule has 1 aromatic carbocycles. The molecule has 0 aliphatic heterocycles. The van der Waals surface area contributed by atoms with Crippen molar-refractivity contribution >= 4 is 34.0 Å². The Labute approximate surface area is 206 Å². The van der Waals surface area contributed by atoms with Crippen molar-refractivity contribution < 1.29 is 18.3 Å². The zero-order valence-corrected chi connectivity index (χ0v) is 20.0. The smallest absolute Gasteiger partial charge is 0.257 e. The van der Waals surface area contributed by atoms with Crippen LogP contribution in [0.2, 0.25) is 0 Å². The molecule has 3 aromatic heterocycles. The second-order valence-corrected chi connectivity index (χ2v) is 8.76. The van der Waals surface area contributed by atoms with E-state index >= 15 is 0 Å². The summed E-state index contributed by atoms with van der Waals surface area (Å²) in [6.45, 7) is 0. The summed E-state index contributed by atoms with van der Waals surface area (Å²) >= 11 is 0. The lowest BCUT2D eigenvalue weighted by Gasteiger charge is -2.39. The third-order valence-electron chi connectivity index (χ3n) is 6.00. The van der Waals surface area contributed by atoms with E-state index in [0.717, 1.165) is 18.9 Å². The van der Waals surface area contributed by atoms with Crippen molar-refractivity contribution in [2.45, 2.75) is 25.0 Å². The Bertz CT molecular complexity index is 1400. The van der Waals surface area contributed by atoms with Gasteiger partial charge in [-0.1, -0.05) is 0 Å². The van der Waals surface area contributed by atoms with Crippen LogP contribution >= 0.6 is 0 Å². The van der Waals surface area contributed by atoms with Crippen LogP contribution < -0.4 is 20.1 Å². The highest BCUT2D eigenvalue weighted by atomic mass is 19.1. The zero-order chi connectivity index (χ0) is 25.2. The van der Waals surface area contributed by atoms with Gasteiger partial charge in [0.2, 0.25) is 5.95 Å². The Balaban J connectivity index is 1.27. The van der Waals surface area contributed by atoms with Crippen molar-refractivity contribution in [1.82, 2.24) is 24.8 Å². The summed E-state index contributed by atoms with van der Waals surface area (Å²) in [5, 5.41) is 6.51. The lowest BCUT2D eigenvalue weighted by atomic mass is 9.88. The Kier molecular flexibility index (Phi) is 6.47. The van der Waals surface area contributed by atoms with Gasteiger partial charge in [-0.05, 0) is 32.3 Å². The first-order valence-corrected chi connectivity index (χ1v) is 11.4. The zero-order valence-electron chi connectivity index (χ0n) is 20.0. The number of hydrogen-bond acceptors (Lipinski definition) is 9. The molecule has 4 aromatic rings. The number of aromatic nitrogens is 4. The van der Waals surface area contributed by atoms with Gasteiger partial charge < -0.3 is 25.0 Å². The fourth-order valence-corrected chi connectivity index (χ4v) is 3.95. The van der Waals surface area contributed by atoms with Crippen LogP contribution in [0.5, 0.6) is 11.6 Å². The molecule has 0 unspecified atom stereocenters. The van der Waals surface area contributed by atoms with Crippen LogP contribution in [0.25, 0.3) is 10.9 Å². The maximum absolute atomic E-state index is 13.9. The SMILES string of the molecule is COc1cc(Nc2nccc(Nc3cnc4c(F)cc(F)cc4c3)n2)cnc1OC1CC(N(C)C)C1. The molecule has 3 heterocycles. The average Bonchev–Trinajstić information content (AvgIpc) is 2.81. The molecule has 0 spiro atoms. The van der Waals surface area contributed by atoms with Gasteiger partial charge >= 0.3 is 0 Å². The number of anilines is 4. The average molecular weight is 494 g/mol. The van der Waals surface area contributed by atoms with E-state index in [9.17, 15) is 8.78 Å². The second-order valence-electron chi connectivity index (χ2n) is 8.76. The predicted octanol–water partition coefficient (Wildman–Crippen LogP) is 4.67. The number of nitrogens with zero attached hydrogens (tertiary/aromatic N) is 5. The molecule has 36 heavy (non-hydrogen) atoms. The first-order valence-electron chi connectivity index (χ1n) is 11.4. The van der Waals surface area contributed by atoms with Gasteiger partial charge in [0.25, 0.3) is 5.88 Å². The summed E-state index contributed by atoms with van der Waals surface area (Å²) in [6, 6.07) is 7.58. The van der Waals surface area contributed by atoms with Gasteiger partial charge in [0.1, 0.15) is 23.3 Å². The molecule has 9 nitrogen and oxygen atoms in total. The first kappa shape index (κ1) is 23.6. The molecule has 0 saturated heterocycles. The molecule has 1 aliphatic carbocycles. The highest BCUT2D eigenvalue weighted by molar-refractivity contribution is 5.83.